The molecule has 0 saturated carbocycles. The Labute approximate surface area is 119 Å². The van der Waals surface area contributed by atoms with Crippen molar-refractivity contribution in [1.82, 2.24) is 5.32 Å². The van der Waals surface area contributed by atoms with E-state index in [0.29, 0.717) is 18.2 Å². The summed E-state index contributed by atoms with van der Waals surface area (Å²) in [5, 5.41) is 11.3. The van der Waals surface area contributed by atoms with Crippen LogP contribution in [0.4, 0.5) is 8.78 Å². The monoisotopic (exact) mass is 303 g/mol. The lowest BCUT2D eigenvalue weighted by molar-refractivity contribution is -0.137. The summed E-state index contributed by atoms with van der Waals surface area (Å²) < 4.78 is 24.8. The third-order valence-corrected chi connectivity index (χ3v) is 3.38. The van der Waals surface area contributed by atoms with E-state index < -0.39 is 23.7 Å². The van der Waals surface area contributed by atoms with Crippen molar-refractivity contribution in [3.63, 3.8) is 0 Å². The minimum Gasteiger partial charge on any atom is -0.481 e. The van der Waals surface area contributed by atoms with Gasteiger partial charge in [-0.1, -0.05) is 30.8 Å². The normalized spacial score (nSPS) is 12.2. The van der Waals surface area contributed by atoms with Crippen molar-refractivity contribution in [2.75, 3.05) is 0 Å². The third kappa shape index (κ3) is 5.16. The third-order valence-electron chi connectivity index (χ3n) is 2.60. The fourth-order valence-corrected chi connectivity index (χ4v) is 2.26. The van der Waals surface area contributed by atoms with E-state index in [9.17, 15) is 18.4 Å². The highest BCUT2D eigenvalue weighted by Gasteiger charge is 2.19. The van der Waals surface area contributed by atoms with Crippen molar-refractivity contribution in [2.45, 2.75) is 36.5 Å². The average Bonchev–Trinajstić information content (AvgIpc) is 2.37. The highest BCUT2D eigenvalue weighted by Crippen LogP contribution is 2.28. The molecule has 1 aromatic rings. The van der Waals surface area contributed by atoms with Gasteiger partial charge in [-0.25, -0.2) is 0 Å². The van der Waals surface area contributed by atoms with Gasteiger partial charge < -0.3 is 10.4 Å². The van der Waals surface area contributed by atoms with Crippen LogP contribution in [-0.2, 0) is 4.79 Å². The van der Waals surface area contributed by atoms with Gasteiger partial charge in [0.1, 0.15) is 0 Å². The van der Waals surface area contributed by atoms with E-state index in [2.05, 4.69) is 5.32 Å². The fraction of sp³-hybridized carbons (Fsp3) is 0.385. The lowest BCUT2D eigenvalue weighted by atomic mass is 10.1. The molecule has 0 fully saturated rings. The first-order valence-electron chi connectivity index (χ1n) is 6.00. The number of halogens is 2. The second-order valence-electron chi connectivity index (χ2n) is 4.05. The number of carboxylic acids is 1. The molecule has 1 amide bonds. The summed E-state index contributed by atoms with van der Waals surface area (Å²) in [7, 11) is 0. The van der Waals surface area contributed by atoms with Crippen LogP contribution in [0.3, 0.4) is 0 Å². The molecule has 2 N–H and O–H groups in total. The number of aliphatic carboxylic acids is 1. The maximum absolute atomic E-state index is 12.4. The molecule has 1 unspecified atom stereocenters. The second kappa shape index (κ2) is 7.84. The largest absolute Gasteiger partial charge is 0.481 e. The number of hydrogen-bond acceptors (Lipinski definition) is 3. The van der Waals surface area contributed by atoms with Gasteiger partial charge in [0.25, 0.3) is 11.7 Å². The van der Waals surface area contributed by atoms with Gasteiger partial charge in [-0.05, 0) is 18.6 Å². The number of alkyl halides is 2. The molecule has 0 aromatic heterocycles. The number of nitrogens with one attached hydrogen (secondary N) is 1. The van der Waals surface area contributed by atoms with Crippen LogP contribution in [0.1, 0.15) is 30.1 Å². The van der Waals surface area contributed by atoms with Crippen molar-refractivity contribution in [2.24, 2.45) is 0 Å². The number of amides is 1. The van der Waals surface area contributed by atoms with Crippen molar-refractivity contribution >= 4 is 23.6 Å². The molecule has 0 spiro atoms. The van der Waals surface area contributed by atoms with E-state index in [1.165, 1.54) is 12.1 Å². The van der Waals surface area contributed by atoms with Gasteiger partial charge in [0.05, 0.1) is 12.0 Å². The summed E-state index contributed by atoms with van der Waals surface area (Å²) in [6.45, 7) is 1.74. The molecule has 4 nitrogen and oxygen atoms in total. The Morgan fingerprint density at radius 3 is 2.55 bits per heavy atom. The highest BCUT2D eigenvalue weighted by molar-refractivity contribution is 7.99. The Morgan fingerprint density at radius 1 is 1.35 bits per heavy atom. The molecule has 7 heteroatoms. The van der Waals surface area contributed by atoms with Gasteiger partial charge >= 0.3 is 5.97 Å². The smallest absolute Gasteiger partial charge is 0.305 e. The first-order chi connectivity index (χ1) is 9.43. The Morgan fingerprint density at radius 2 is 2.00 bits per heavy atom. The summed E-state index contributed by atoms with van der Waals surface area (Å²) in [5.41, 5.74) is 0.127. The van der Waals surface area contributed by atoms with Gasteiger partial charge in [0.15, 0.2) is 0 Å². The molecule has 0 saturated heterocycles. The van der Waals surface area contributed by atoms with Crippen LogP contribution < -0.4 is 5.32 Å². The molecule has 0 aliphatic rings. The number of carboxylic acid groups (broad SMARTS) is 1. The lowest BCUT2D eigenvalue weighted by Crippen LogP contribution is -2.36. The zero-order valence-corrected chi connectivity index (χ0v) is 11.6. The van der Waals surface area contributed by atoms with Crippen LogP contribution in [0.15, 0.2) is 29.2 Å². The van der Waals surface area contributed by atoms with Crippen LogP contribution in [0.2, 0.25) is 0 Å². The van der Waals surface area contributed by atoms with Crippen LogP contribution in [-0.4, -0.2) is 28.8 Å². The molecule has 0 heterocycles. The summed E-state index contributed by atoms with van der Waals surface area (Å²) in [5.74, 6) is -4.18. The highest BCUT2D eigenvalue weighted by atomic mass is 32.2. The molecule has 1 rings (SSSR count). The molecule has 20 heavy (non-hydrogen) atoms. The van der Waals surface area contributed by atoms with Crippen molar-refractivity contribution in [1.29, 1.82) is 0 Å². The van der Waals surface area contributed by atoms with E-state index in [0.717, 1.165) is 0 Å². The molecule has 0 bridgehead atoms. The fourth-order valence-electron chi connectivity index (χ4n) is 1.62. The maximum atomic E-state index is 12.4. The summed E-state index contributed by atoms with van der Waals surface area (Å²) in [6.07, 6.45) is 0.245. The standard InChI is InChI=1S/C13H15F2NO3S/c1-2-8(7-11(17)18)16-12(19)9-5-3-4-6-10(9)20-13(14)15/h3-6,8,13H,2,7H2,1H3,(H,16,19)(H,17,18). The molecular formula is C13H15F2NO3S. The van der Waals surface area contributed by atoms with Crippen LogP contribution in [0.5, 0.6) is 0 Å². The first kappa shape index (κ1) is 16.4. The Kier molecular flexibility index (Phi) is 6.44. The topological polar surface area (TPSA) is 66.4 Å². The maximum Gasteiger partial charge on any atom is 0.305 e. The molecule has 1 aromatic carbocycles. The molecule has 0 aliphatic heterocycles. The predicted molar refractivity (Wildman–Crippen MR) is 72.1 cm³/mol. The van der Waals surface area contributed by atoms with E-state index in [1.807, 2.05) is 0 Å². The number of carbonyl (C=O) groups is 2. The van der Waals surface area contributed by atoms with Crippen molar-refractivity contribution in [3.05, 3.63) is 29.8 Å². The Bertz CT molecular complexity index is 482. The zero-order chi connectivity index (χ0) is 15.1. The molecule has 110 valence electrons. The van der Waals surface area contributed by atoms with Gasteiger partial charge in [0.2, 0.25) is 0 Å². The number of benzene rings is 1. The summed E-state index contributed by atoms with van der Waals surface area (Å²) in [6, 6.07) is 5.49. The van der Waals surface area contributed by atoms with Gasteiger partial charge in [0, 0.05) is 10.9 Å². The SMILES string of the molecule is CCC(CC(=O)O)NC(=O)c1ccccc1SC(F)F. The van der Waals surface area contributed by atoms with Gasteiger partial charge in [-0.2, -0.15) is 8.78 Å². The zero-order valence-electron chi connectivity index (χ0n) is 10.8. The molecule has 0 aliphatic carbocycles. The predicted octanol–water partition coefficient (Wildman–Crippen LogP) is 2.98. The van der Waals surface area contributed by atoms with Crippen LogP contribution >= 0.6 is 11.8 Å². The second-order valence-corrected chi connectivity index (χ2v) is 5.08. The minimum absolute atomic E-state index is 0.127. The first-order valence-corrected chi connectivity index (χ1v) is 6.88. The minimum atomic E-state index is -2.62. The Balaban J connectivity index is 2.83. The van der Waals surface area contributed by atoms with Crippen molar-refractivity contribution < 1.29 is 23.5 Å². The van der Waals surface area contributed by atoms with Crippen LogP contribution in [0, 0.1) is 0 Å². The van der Waals surface area contributed by atoms with Crippen LogP contribution in [0.25, 0.3) is 0 Å². The molecule has 1 atom stereocenters. The summed E-state index contributed by atoms with van der Waals surface area (Å²) in [4.78, 5) is 22.9. The van der Waals surface area contributed by atoms with E-state index in [-0.39, 0.29) is 16.9 Å². The molecule has 0 radical (unpaired) electrons. The van der Waals surface area contributed by atoms with Gasteiger partial charge in [-0.15, -0.1) is 0 Å². The Hall–Kier alpha value is -1.63. The van der Waals surface area contributed by atoms with E-state index in [4.69, 9.17) is 5.11 Å². The number of rotatable bonds is 7. The lowest BCUT2D eigenvalue weighted by Gasteiger charge is -2.16. The van der Waals surface area contributed by atoms with Gasteiger partial charge in [-0.3, -0.25) is 9.59 Å². The summed E-state index contributed by atoms with van der Waals surface area (Å²) >= 11 is 0.291. The quantitative estimate of drug-likeness (QED) is 0.760. The number of hydrogen-bond donors (Lipinski definition) is 2. The van der Waals surface area contributed by atoms with E-state index in [1.54, 1.807) is 19.1 Å². The van der Waals surface area contributed by atoms with E-state index >= 15 is 0 Å². The number of thioether (sulfide) groups is 1. The number of carbonyl (C=O) groups excluding carboxylic acids is 1. The van der Waals surface area contributed by atoms with Crippen molar-refractivity contribution in [3.8, 4) is 0 Å². The average molecular weight is 303 g/mol. The molecular weight excluding hydrogens is 288 g/mol.